The summed E-state index contributed by atoms with van der Waals surface area (Å²) < 4.78 is 8.77. The van der Waals surface area contributed by atoms with Gasteiger partial charge in [-0.15, -0.1) is 11.3 Å². The standard InChI is InChI=1S/C19H23N5OS/c1-12(23-7-9-25-10-8-23)19-21-18(14-3-4-14)22-24(19)15-5-6-16-17(11-15)26-13(2)20-16/h5-6,11-12,14H,3-4,7-10H2,1-2H3/t12-/m0/s1. The first-order chi connectivity index (χ1) is 12.7. The first kappa shape index (κ1) is 16.4. The second kappa shape index (κ2) is 6.40. The Kier molecular flexibility index (Phi) is 4.03. The second-order valence-electron chi connectivity index (χ2n) is 7.22. The van der Waals surface area contributed by atoms with Gasteiger partial charge < -0.3 is 4.74 Å². The molecule has 0 unspecified atom stereocenters. The normalized spacial score (nSPS) is 19.9. The smallest absolute Gasteiger partial charge is 0.154 e. The van der Waals surface area contributed by atoms with Crippen LogP contribution in [0.1, 0.15) is 48.4 Å². The molecule has 3 heterocycles. The van der Waals surface area contributed by atoms with Crippen LogP contribution < -0.4 is 0 Å². The molecule has 2 fully saturated rings. The van der Waals surface area contributed by atoms with E-state index < -0.39 is 0 Å². The van der Waals surface area contributed by atoms with Crippen molar-refractivity contribution in [1.82, 2.24) is 24.6 Å². The zero-order chi connectivity index (χ0) is 17.7. The quantitative estimate of drug-likeness (QED) is 0.705. The molecular weight excluding hydrogens is 346 g/mol. The highest BCUT2D eigenvalue weighted by Gasteiger charge is 2.32. The average molecular weight is 369 g/mol. The molecule has 7 heteroatoms. The van der Waals surface area contributed by atoms with Crippen molar-refractivity contribution < 1.29 is 4.74 Å². The van der Waals surface area contributed by atoms with Crippen molar-refractivity contribution in [2.24, 2.45) is 0 Å². The molecule has 0 amide bonds. The summed E-state index contributed by atoms with van der Waals surface area (Å²) >= 11 is 1.73. The number of rotatable bonds is 4. The highest BCUT2D eigenvalue weighted by molar-refractivity contribution is 7.18. The zero-order valence-electron chi connectivity index (χ0n) is 15.2. The van der Waals surface area contributed by atoms with Crippen LogP contribution in [0.3, 0.4) is 0 Å². The minimum Gasteiger partial charge on any atom is -0.379 e. The van der Waals surface area contributed by atoms with Crippen molar-refractivity contribution in [3.8, 4) is 5.69 Å². The monoisotopic (exact) mass is 369 g/mol. The minimum absolute atomic E-state index is 0.220. The lowest BCUT2D eigenvalue weighted by Gasteiger charge is -2.31. The molecule has 1 aliphatic carbocycles. The third-order valence-electron chi connectivity index (χ3n) is 5.28. The van der Waals surface area contributed by atoms with Gasteiger partial charge in [-0.3, -0.25) is 4.90 Å². The number of fused-ring (bicyclic) bond motifs is 1. The Morgan fingerprint density at radius 3 is 2.77 bits per heavy atom. The van der Waals surface area contributed by atoms with Crippen LogP contribution in [0.4, 0.5) is 0 Å². The molecule has 0 N–H and O–H groups in total. The van der Waals surface area contributed by atoms with E-state index in [2.05, 4.69) is 46.6 Å². The Balaban J connectivity index is 1.57. The minimum atomic E-state index is 0.220. The number of thiazole rings is 1. The third kappa shape index (κ3) is 2.94. The van der Waals surface area contributed by atoms with E-state index in [1.165, 1.54) is 17.5 Å². The van der Waals surface area contributed by atoms with Gasteiger partial charge in [-0.1, -0.05) is 0 Å². The van der Waals surface area contributed by atoms with Gasteiger partial charge in [-0.05, 0) is 44.9 Å². The van der Waals surface area contributed by atoms with Gasteiger partial charge in [0.1, 0.15) is 5.82 Å². The van der Waals surface area contributed by atoms with Crippen LogP contribution in [0, 0.1) is 6.92 Å². The largest absolute Gasteiger partial charge is 0.379 e. The molecule has 1 atom stereocenters. The molecule has 26 heavy (non-hydrogen) atoms. The number of ether oxygens (including phenoxy) is 1. The molecule has 3 aromatic rings. The predicted octanol–water partition coefficient (Wildman–Crippen LogP) is 3.46. The molecule has 1 saturated carbocycles. The molecule has 0 radical (unpaired) electrons. The van der Waals surface area contributed by atoms with Crippen molar-refractivity contribution >= 4 is 21.6 Å². The van der Waals surface area contributed by atoms with Crippen LogP contribution in [-0.2, 0) is 4.74 Å². The summed E-state index contributed by atoms with van der Waals surface area (Å²) in [4.78, 5) is 12.0. The number of aryl methyl sites for hydroxylation is 1. The van der Waals surface area contributed by atoms with Crippen molar-refractivity contribution in [2.75, 3.05) is 26.3 Å². The number of aromatic nitrogens is 4. The lowest BCUT2D eigenvalue weighted by Crippen LogP contribution is -2.38. The van der Waals surface area contributed by atoms with E-state index in [1.54, 1.807) is 11.3 Å². The lowest BCUT2D eigenvalue weighted by molar-refractivity contribution is 0.0178. The van der Waals surface area contributed by atoms with Gasteiger partial charge in [-0.2, -0.15) is 5.10 Å². The third-order valence-corrected chi connectivity index (χ3v) is 6.22. The fraction of sp³-hybridized carbons (Fsp3) is 0.526. The average Bonchev–Trinajstić information content (AvgIpc) is 3.30. The summed E-state index contributed by atoms with van der Waals surface area (Å²) in [5, 5.41) is 6.00. The molecule has 0 spiro atoms. The first-order valence-corrected chi connectivity index (χ1v) is 10.2. The van der Waals surface area contributed by atoms with Crippen LogP contribution in [-0.4, -0.2) is 51.0 Å². The number of hydrogen-bond acceptors (Lipinski definition) is 6. The lowest BCUT2D eigenvalue weighted by atomic mass is 10.2. The molecule has 2 aromatic heterocycles. The first-order valence-electron chi connectivity index (χ1n) is 9.35. The van der Waals surface area contributed by atoms with Gasteiger partial charge in [0.05, 0.1) is 40.2 Å². The van der Waals surface area contributed by atoms with Crippen LogP contribution in [0.5, 0.6) is 0 Å². The Morgan fingerprint density at radius 1 is 1.19 bits per heavy atom. The Labute approximate surface area is 156 Å². The van der Waals surface area contributed by atoms with E-state index in [0.717, 1.165) is 54.2 Å². The van der Waals surface area contributed by atoms with E-state index in [1.807, 2.05) is 0 Å². The van der Waals surface area contributed by atoms with E-state index >= 15 is 0 Å². The summed E-state index contributed by atoms with van der Waals surface area (Å²) in [7, 11) is 0. The molecule has 5 rings (SSSR count). The maximum absolute atomic E-state index is 5.51. The van der Waals surface area contributed by atoms with Gasteiger partial charge in [0.15, 0.2) is 5.82 Å². The predicted molar refractivity (Wildman–Crippen MR) is 102 cm³/mol. The molecule has 136 valence electrons. The van der Waals surface area contributed by atoms with E-state index in [0.29, 0.717) is 5.92 Å². The van der Waals surface area contributed by atoms with Crippen LogP contribution in [0.25, 0.3) is 15.9 Å². The fourth-order valence-electron chi connectivity index (χ4n) is 3.60. The van der Waals surface area contributed by atoms with Crippen molar-refractivity contribution in [3.63, 3.8) is 0 Å². The van der Waals surface area contributed by atoms with Gasteiger partial charge >= 0.3 is 0 Å². The molecule has 6 nitrogen and oxygen atoms in total. The molecule has 0 bridgehead atoms. The highest BCUT2D eigenvalue weighted by Crippen LogP contribution is 2.39. The van der Waals surface area contributed by atoms with Crippen molar-refractivity contribution in [2.45, 2.75) is 38.6 Å². The van der Waals surface area contributed by atoms with Crippen LogP contribution >= 0.6 is 11.3 Å². The fourth-order valence-corrected chi connectivity index (χ4v) is 4.46. The van der Waals surface area contributed by atoms with Gasteiger partial charge in [0.2, 0.25) is 0 Å². The van der Waals surface area contributed by atoms with E-state index in [-0.39, 0.29) is 6.04 Å². The zero-order valence-corrected chi connectivity index (χ0v) is 16.0. The highest BCUT2D eigenvalue weighted by atomic mass is 32.1. The maximum atomic E-state index is 5.51. The number of hydrogen-bond donors (Lipinski definition) is 0. The Morgan fingerprint density at radius 2 is 2.00 bits per heavy atom. The van der Waals surface area contributed by atoms with Crippen molar-refractivity contribution in [3.05, 3.63) is 34.9 Å². The van der Waals surface area contributed by atoms with Crippen molar-refractivity contribution in [1.29, 1.82) is 0 Å². The molecule has 2 aliphatic rings. The maximum Gasteiger partial charge on any atom is 0.154 e. The van der Waals surface area contributed by atoms with E-state index in [9.17, 15) is 0 Å². The van der Waals surface area contributed by atoms with Crippen LogP contribution in [0.15, 0.2) is 18.2 Å². The number of morpholine rings is 1. The Bertz CT molecular complexity index is 939. The molecule has 1 aromatic carbocycles. The topological polar surface area (TPSA) is 56.1 Å². The summed E-state index contributed by atoms with van der Waals surface area (Å²) in [6.45, 7) is 7.76. The number of benzene rings is 1. The van der Waals surface area contributed by atoms with Gasteiger partial charge in [0.25, 0.3) is 0 Å². The van der Waals surface area contributed by atoms with Crippen LogP contribution in [0.2, 0.25) is 0 Å². The SMILES string of the molecule is Cc1nc2ccc(-n3nc(C4CC4)nc3[C@H](C)N3CCOCC3)cc2s1. The molecule has 1 aliphatic heterocycles. The van der Waals surface area contributed by atoms with Gasteiger partial charge in [0, 0.05) is 19.0 Å². The molecule has 1 saturated heterocycles. The summed E-state index contributed by atoms with van der Waals surface area (Å²) in [5.74, 6) is 2.58. The Hall–Kier alpha value is -1.83. The van der Waals surface area contributed by atoms with E-state index in [4.69, 9.17) is 14.8 Å². The summed E-state index contributed by atoms with van der Waals surface area (Å²) in [6, 6.07) is 6.62. The molecular formula is C19H23N5OS. The summed E-state index contributed by atoms with van der Waals surface area (Å²) in [6.07, 6.45) is 2.42. The second-order valence-corrected chi connectivity index (χ2v) is 8.46. The van der Waals surface area contributed by atoms with Gasteiger partial charge in [-0.25, -0.2) is 14.6 Å². The number of nitrogens with zero attached hydrogens (tertiary/aromatic N) is 5. The summed E-state index contributed by atoms with van der Waals surface area (Å²) in [5.41, 5.74) is 2.14.